The van der Waals surface area contributed by atoms with Crippen LogP contribution in [0.1, 0.15) is 5.56 Å². The summed E-state index contributed by atoms with van der Waals surface area (Å²) < 4.78 is 4.67. The molecular weight excluding hydrogens is 218 g/mol. The number of nitrogens with one attached hydrogen (secondary N) is 1. The summed E-state index contributed by atoms with van der Waals surface area (Å²) >= 11 is 0. The van der Waals surface area contributed by atoms with E-state index >= 15 is 0 Å². The van der Waals surface area contributed by atoms with E-state index in [2.05, 4.69) is 19.7 Å². The molecule has 0 unspecified atom stereocenters. The molecule has 0 fully saturated rings. The normalized spacial score (nSPS) is 11.5. The van der Waals surface area contributed by atoms with E-state index in [1.54, 1.807) is 12.3 Å². The number of nitrogens with zero attached hydrogens (tertiary/aromatic N) is 2. The van der Waals surface area contributed by atoms with Gasteiger partial charge in [0.2, 0.25) is 0 Å². The Morgan fingerprint density at radius 3 is 3.00 bits per heavy atom. The van der Waals surface area contributed by atoms with E-state index in [0.29, 0.717) is 11.4 Å². The molecule has 0 aliphatic heterocycles. The number of rotatable bonds is 2. The molecule has 1 aromatic carbocycles. The van der Waals surface area contributed by atoms with Crippen LogP contribution in [0.25, 0.3) is 10.9 Å². The molecule has 0 radical (unpaired) electrons. The molecule has 0 saturated heterocycles. The van der Waals surface area contributed by atoms with Gasteiger partial charge >= 0.3 is 0 Å². The SMILES string of the molecule is Oc1[nH]c2ccccc2c1C=Nc1ccon1. The van der Waals surface area contributed by atoms with Crippen LogP contribution in [-0.4, -0.2) is 21.5 Å². The molecule has 17 heavy (non-hydrogen) atoms. The van der Waals surface area contributed by atoms with Gasteiger partial charge in [-0.3, -0.25) is 0 Å². The Bertz CT molecular complexity index is 668. The highest BCUT2D eigenvalue weighted by Gasteiger charge is 2.07. The van der Waals surface area contributed by atoms with Gasteiger partial charge in [-0.2, -0.15) is 0 Å². The van der Waals surface area contributed by atoms with Crippen molar-refractivity contribution in [1.29, 1.82) is 0 Å². The number of H-pyrrole nitrogens is 1. The number of fused-ring (bicyclic) bond motifs is 1. The van der Waals surface area contributed by atoms with Gasteiger partial charge in [0.25, 0.3) is 0 Å². The molecule has 0 bridgehead atoms. The predicted octanol–water partition coefficient (Wildman–Crippen LogP) is 2.61. The van der Waals surface area contributed by atoms with Crippen LogP contribution in [0.3, 0.4) is 0 Å². The summed E-state index contributed by atoms with van der Waals surface area (Å²) in [6, 6.07) is 9.25. The molecule has 0 amide bonds. The summed E-state index contributed by atoms with van der Waals surface area (Å²) in [4.78, 5) is 6.99. The van der Waals surface area contributed by atoms with Crippen LogP contribution in [0.15, 0.2) is 46.1 Å². The Morgan fingerprint density at radius 1 is 1.29 bits per heavy atom. The van der Waals surface area contributed by atoms with Crippen molar-refractivity contribution < 1.29 is 9.63 Å². The number of aliphatic imine (C=N–C) groups is 1. The molecule has 5 nitrogen and oxygen atoms in total. The van der Waals surface area contributed by atoms with Gasteiger partial charge in [0, 0.05) is 23.2 Å². The minimum atomic E-state index is 0.0958. The second-order valence-electron chi connectivity index (χ2n) is 3.55. The van der Waals surface area contributed by atoms with Crippen molar-refractivity contribution in [1.82, 2.24) is 10.1 Å². The fourth-order valence-electron chi connectivity index (χ4n) is 1.68. The Hall–Kier alpha value is -2.56. The largest absolute Gasteiger partial charge is 0.494 e. The van der Waals surface area contributed by atoms with E-state index < -0.39 is 0 Å². The summed E-state index contributed by atoms with van der Waals surface area (Å²) in [5, 5.41) is 14.3. The van der Waals surface area contributed by atoms with Crippen molar-refractivity contribution in [2.24, 2.45) is 4.99 Å². The highest BCUT2D eigenvalue weighted by atomic mass is 16.5. The van der Waals surface area contributed by atoms with Crippen molar-refractivity contribution in [3.8, 4) is 5.88 Å². The maximum atomic E-state index is 9.77. The van der Waals surface area contributed by atoms with E-state index in [4.69, 9.17) is 0 Å². The Balaban J connectivity index is 2.08. The number of aromatic hydroxyl groups is 1. The van der Waals surface area contributed by atoms with Crippen LogP contribution < -0.4 is 0 Å². The number of benzene rings is 1. The monoisotopic (exact) mass is 227 g/mol. The summed E-state index contributed by atoms with van der Waals surface area (Å²) in [5.41, 5.74) is 1.51. The first-order valence-electron chi connectivity index (χ1n) is 5.09. The van der Waals surface area contributed by atoms with Gasteiger partial charge < -0.3 is 14.6 Å². The number of hydrogen-bond acceptors (Lipinski definition) is 4. The molecule has 5 heteroatoms. The van der Waals surface area contributed by atoms with Crippen LogP contribution in [0.2, 0.25) is 0 Å². The number of aromatic nitrogens is 2. The van der Waals surface area contributed by atoms with Crippen molar-refractivity contribution in [3.63, 3.8) is 0 Å². The zero-order valence-corrected chi connectivity index (χ0v) is 8.79. The summed E-state index contributed by atoms with van der Waals surface area (Å²) in [7, 11) is 0. The lowest BCUT2D eigenvalue weighted by molar-refractivity contribution is 0.422. The molecule has 3 aromatic rings. The molecule has 0 aliphatic carbocycles. The van der Waals surface area contributed by atoms with Gasteiger partial charge in [-0.05, 0) is 6.07 Å². The highest BCUT2D eigenvalue weighted by molar-refractivity contribution is 6.02. The van der Waals surface area contributed by atoms with Gasteiger partial charge in [-0.1, -0.05) is 23.4 Å². The molecule has 0 atom stereocenters. The second-order valence-corrected chi connectivity index (χ2v) is 3.55. The van der Waals surface area contributed by atoms with Gasteiger partial charge in [0.15, 0.2) is 11.7 Å². The fourth-order valence-corrected chi connectivity index (χ4v) is 1.68. The van der Waals surface area contributed by atoms with Crippen LogP contribution in [0.5, 0.6) is 5.88 Å². The topological polar surface area (TPSA) is 74.4 Å². The van der Waals surface area contributed by atoms with E-state index in [1.165, 1.54) is 6.26 Å². The van der Waals surface area contributed by atoms with Gasteiger partial charge in [0.1, 0.15) is 6.26 Å². The molecule has 2 aromatic heterocycles. The summed E-state index contributed by atoms with van der Waals surface area (Å²) in [6.07, 6.45) is 3.01. The number of aromatic amines is 1. The molecule has 2 heterocycles. The lowest BCUT2D eigenvalue weighted by Crippen LogP contribution is -1.78. The van der Waals surface area contributed by atoms with E-state index in [1.807, 2.05) is 24.3 Å². The zero-order valence-electron chi connectivity index (χ0n) is 8.79. The lowest BCUT2D eigenvalue weighted by atomic mass is 10.2. The smallest absolute Gasteiger partial charge is 0.198 e. The van der Waals surface area contributed by atoms with Crippen molar-refractivity contribution in [2.45, 2.75) is 0 Å². The van der Waals surface area contributed by atoms with Gasteiger partial charge in [-0.15, -0.1) is 0 Å². The first-order valence-corrected chi connectivity index (χ1v) is 5.09. The van der Waals surface area contributed by atoms with E-state index in [-0.39, 0.29) is 5.88 Å². The Morgan fingerprint density at radius 2 is 2.18 bits per heavy atom. The standard InChI is InChI=1S/C12H9N3O2/c16-12-9(7-13-11-5-6-17-15-11)8-3-1-2-4-10(8)14-12/h1-7,14,16H. The maximum Gasteiger partial charge on any atom is 0.198 e. The lowest BCUT2D eigenvalue weighted by Gasteiger charge is -1.90. The molecule has 0 aliphatic rings. The first-order chi connectivity index (χ1) is 8.34. The maximum absolute atomic E-state index is 9.77. The van der Waals surface area contributed by atoms with Crippen LogP contribution in [0.4, 0.5) is 5.82 Å². The van der Waals surface area contributed by atoms with Crippen molar-refractivity contribution in [2.75, 3.05) is 0 Å². The zero-order chi connectivity index (χ0) is 11.7. The number of hydrogen-bond donors (Lipinski definition) is 2. The third-order valence-corrected chi connectivity index (χ3v) is 2.48. The van der Waals surface area contributed by atoms with Gasteiger partial charge in [0.05, 0.1) is 5.56 Å². The summed E-state index contributed by atoms with van der Waals surface area (Å²) in [6.45, 7) is 0. The fraction of sp³-hybridized carbons (Fsp3) is 0. The molecule has 0 saturated carbocycles. The van der Waals surface area contributed by atoms with E-state index in [9.17, 15) is 5.11 Å². The molecule has 0 spiro atoms. The third-order valence-electron chi connectivity index (χ3n) is 2.48. The minimum Gasteiger partial charge on any atom is -0.494 e. The molecular formula is C12H9N3O2. The predicted molar refractivity (Wildman–Crippen MR) is 63.7 cm³/mol. The molecule has 3 rings (SSSR count). The minimum absolute atomic E-state index is 0.0958. The van der Waals surface area contributed by atoms with Crippen LogP contribution in [-0.2, 0) is 0 Å². The average Bonchev–Trinajstić information content (AvgIpc) is 2.93. The first kappa shape index (κ1) is 9.65. The Labute approximate surface area is 96.4 Å². The quantitative estimate of drug-likeness (QED) is 0.661. The second kappa shape index (κ2) is 3.79. The van der Waals surface area contributed by atoms with Gasteiger partial charge in [-0.25, -0.2) is 4.99 Å². The average molecular weight is 227 g/mol. The summed E-state index contributed by atoms with van der Waals surface area (Å²) in [5.74, 6) is 0.563. The molecule has 84 valence electrons. The van der Waals surface area contributed by atoms with Crippen molar-refractivity contribution in [3.05, 3.63) is 42.2 Å². The van der Waals surface area contributed by atoms with Crippen molar-refractivity contribution >= 4 is 22.9 Å². The van der Waals surface area contributed by atoms with E-state index in [0.717, 1.165) is 10.9 Å². The third kappa shape index (κ3) is 1.67. The highest BCUT2D eigenvalue weighted by Crippen LogP contribution is 2.25. The number of para-hydroxylation sites is 1. The van der Waals surface area contributed by atoms with Crippen LogP contribution in [0, 0.1) is 0 Å². The van der Waals surface area contributed by atoms with Crippen LogP contribution >= 0.6 is 0 Å². The Kier molecular flexibility index (Phi) is 2.15. The molecule has 2 N–H and O–H groups in total.